The van der Waals surface area contributed by atoms with Gasteiger partial charge in [0, 0.05) is 18.4 Å². The zero-order valence-electron chi connectivity index (χ0n) is 16.3. The van der Waals surface area contributed by atoms with Crippen LogP contribution in [0.1, 0.15) is 36.6 Å². The van der Waals surface area contributed by atoms with Gasteiger partial charge in [0.2, 0.25) is 11.8 Å². The molecule has 0 radical (unpaired) electrons. The van der Waals surface area contributed by atoms with Gasteiger partial charge in [-0.2, -0.15) is 18.3 Å². The molecule has 1 fully saturated rings. The number of alkyl halides is 3. The number of benzene rings is 1. The molecule has 1 saturated carbocycles. The smallest absolute Gasteiger partial charge is 0.422 e. The van der Waals surface area contributed by atoms with E-state index in [-0.39, 0.29) is 23.6 Å². The highest BCUT2D eigenvalue weighted by atomic mass is 19.4. The predicted molar refractivity (Wildman–Crippen MR) is 102 cm³/mol. The third-order valence-electron chi connectivity index (χ3n) is 5.16. The topological polar surface area (TPSA) is 81.9 Å². The molecule has 30 heavy (non-hydrogen) atoms. The molecular weight excluding hydrogens is 399 g/mol. The zero-order chi connectivity index (χ0) is 21.5. The monoisotopic (exact) mass is 419 g/mol. The van der Waals surface area contributed by atoms with E-state index in [2.05, 4.69) is 31.2 Å². The van der Waals surface area contributed by atoms with Crippen molar-refractivity contribution in [2.24, 2.45) is 13.0 Å². The Morgan fingerprint density at radius 1 is 1.30 bits per heavy atom. The Kier molecular flexibility index (Phi) is 5.08. The lowest BCUT2D eigenvalue weighted by atomic mass is 10.1. The summed E-state index contributed by atoms with van der Waals surface area (Å²) in [6.07, 6.45) is 0.546. The average Bonchev–Trinajstić information content (AvgIpc) is 3.43. The third-order valence-corrected chi connectivity index (χ3v) is 5.16. The Morgan fingerprint density at radius 3 is 2.80 bits per heavy atom. The molecule has 2 aromatic heterocycles. The maximum absolute atomic E-state index is 12.6. The molecule has 1 aliphatic rings. The predicted octanol–water partition coefficient (Wildman–Crippen LogP) is 3.29. The highest BCUT2D eigenvalue weighted by molar-refractivity contribution is 5.84. The van der Waals surface area contributed by atoms with Gasteiger partial charge in [0.05, 0.1) is 35.8 Å². The summed E-state index contributed by atoms with van der Waals surface area (Å²) in [6.45, 7) is 0.318. The van der Waals surface area contributed by atoms with Crippen LogP contribution in [0.25, 0.3) is 10.9 Å². The Morgan fingerprint density at radius 2 is 2.10 bits per heavy atom. The van der Waals surface area contributed by atoms with Crippen molar-refractivity contribution in [3.63, 3.8) is 0 Å². The number of halogens is 3. The number of nitrogens with zero attached hydrogens (tertiary/aromatic N) is 4. The fraction of sp³-hybridized carbons (Fsp3) is 0.400. The summed E-state index contributed by atoms with van der Waals surface area (Å²) < 4.78 is 42.9. The molecule has 1 aliphatic carbocycles. The van der Waals surface area contributed by atoms with Crippen molar-refractivity contribution < 1.29 is 22.7 Å². The van der Waals surface area contributed by atoms with Gasteiger partial charge in [0.15, 0.2) is 6.61 Å². The minimum absolute atomic E-state index is 0.0863. The van der Waals surface area contributed by atoms with Crippen molar-refractivity contribution in [2.45, 2.75) is 31.5 Å². The summed E-state index contributed by atoms with van der Waals surface area (Å²) in [7, 11) is 1.88. The number of fused-ring (bicyclic) bond motifs is 1. The van der Waals surface area contributed by atoms with Crippen LogP contribution in [-0.4, -0.2) is 38.4 Å². The first-order valence-corrected chi connectivity index (χ1v) is 9.45. The molecule has 2 heterocycles. The number of aromatic nitrogens is 4. The van der Waals surface area contributed by atoms with Crippen LogP contribution in [0, 0.1) is 5.92 Å². The van der Waals surface area contributed by atoms with E-state index in [9.17, 15) is 18.0 Å². The third kappa shape index (κ3) is 4.37. The molecule has 3 aromatic rings. The van der Waals surface area contributed by atoms with Crippen molar-refractivity contribution in [3.05, 3.63) is 48.0 Å². The number of amides is 1. The quantitative estimate of drug-likeness (QED) is 0.663. The fourth-order valence-corrected chi connectivity index (χ4v) is 3.42. The van der Waals surface area contributed by atoms with Gasteiger partial charge >= 0.3 is 6.18 Å². The van der Waals surface area contributed by atoms with Crippen molar-refractivity contribution in [3.8, 4) is 5.88 Å². The maximum atomic E-state index is 12.6. The second-order valence-electron chi connectivity index (χ2n) is 7.45. The minimum Gasteiger partial charge on any atom is -0.467 e. The van der Waals surface area contributed by atoms with Gasteiger partial charge < -0.3 is 10.1 Å². The number of rotatable bonds is 6. The SMILES string of the molecule is C[C@@H](NC(=O)C1CC1c1ccc2cnn(C)c2c1)c1cnc(OCC(F)(F)F)cn1. The van der Waals surface area contributed by atoms with Crippen LogP contribution < -0.4 is 10.1 Å². The summed E-state index contributed by atoms with van der Waals surface area (Å²) in [5, 5.41) is 8.18. The van der Waals surface area contributed by atoms with E-state index in [1.54, 1.807) is 17.8 Å². The van der Waals surface area contributed by atoms with E-state index in [4.69, 9.17) is 0 Å². The van der Waals surface area contributed by atoms with Crippen molar-refractivity contribution in [1.29, 1.82) is 0 Å². The molecule has 7 nitrogen and oxygen atoms in total. The number of ether oxygens (including phenoxy) is 1. The van der Waals surface area contributed by atoms with E-state index in [1.807, 2.05) is 19.2 Å². The van der Waals surface area contributed by atoms with E-state index in [1.165, 1.54) is 6.20 Å². The first-order chi connectivity index (χ1) is 14.2. The molecule has 2 unspecified atom stereocenters. The second kappa shape index (κ2) is 7.58. The largest absolute Gasteiger partial charge is 0.467 e. The Hall–Kier alpha value is -3.17. The Bertz CT molecular complexity index is 1060. The fourth-order valence-electron chi connectivity index (χ4n) is 3.42. The number of hydrogen-bond donors (Lipinski definition) is 1. The Balaban J connectivity index is 1.34. The number of carbonyl (C=O) groups excluding carboxylic acids is 1. The van der Waals surface area contributed by atoms with Gasteiger partial charge in [-0.1, -0.05) is 12.1 Å². The summed E-state index contributed by atoms with van der Waals surface area (Å²) in [5.74, 6) is -0.277. The molecule has 4 rings (SSSR count). The van der Waals surface area contributed by atoms with Crippen LogP contribution in [0.5, 0.6) is 5.88 Å². The molecule has 1 aromatic carbocycles. The van der Waals surface area contributed by atoms with Crippen LogP contribution in [0.4, 0.5) is 13.2 Å². The van der Waals surface area contributed by atoms with Crippen molar-refractivity contribution in [2.75, 3.05) is 6.61 Å². The van der Waals surface area contributed by atoms with Crippen LogP contribution in [-0.2, 0) is 11.8 Å². The highest BCUT2D eigenvalue weighted by Crippen LogP contribution is 2.48. The van der Waals surface area contributed by atoms with Crippen LogP contribution in [0.2, 0.25) is 0 Å². The molecule has 10 heteroatoms. The van der Waals surface area contributed by atoms with Gasteiger partial charge in [0.25, 0.3) is 0 Å². The second-order valence-corrected chi connectivity index (χ2v) is 7.45. The lowest BCUT2D eigenvalue weighted by Gasteiger charge is -2.14. The van der Waals surface area contributed by atoms with Crippen molar-refractivity contribution >= 4 is 16.8 Å². The van der Waals surface area contributed by atoms with Gasteiger partial charge in [-0.05, 0) is 30.9 Å². The zero-order valence-corrected chi connectivity index (χ0v) is 16.3. The first-order valence-electron chi connectivity index (χ1n) is 9.45. The summed E-state index contributed by atoms with van der Waals surface area (Å²) in [5.41, 5.74) is 2.57. The molecule has 0 aliphatic heterocycles. The molecule has 0 saturated heterocycles. The van der Waals surface area contributed by atoms with Crippen LogP contribution in [0.3, 0.4) is 0 Å². The average molecular weight is 419 g/mol. The van der Waals surface area contributed by atoms with Crippen molar-refractivity contribution in [1.82, 2.24) is 25.1 Å². The van der Waals surface area contributed by atoms with E-state index in [0.29, 0.717) is 5.69 Å². The van der Waals surface area contributed by atoms with Crippen LogP contribution >= 0.6 is 0 Å². The molecule has 1 N–H and O–H groups in total. The molecule has 3 atom stereocenters. The lowest BCUT2D eigenvalue weighted by molar-refractivity contribution is -0.154. The number of hydrogen-bond acceptors (Lipinski definition) is 5. The normalized spacial score (nSPS) is 19.5. The Labute approximate surface area is 170 Å². The number of nitrogens with one attached hydrogen (secondary N) is 1. The number of carbonyl (C=O) groups is 1. The summed E-state index contributed by atoms with van der Waals surface area (Å²) >= 11 is 0. The minimum atomic E-state index is -4.44. The van der Waals surface area contributed by atoms with E-state index < -0.39 is 18.8 Å². The molecule has 1 amide bonds. The maximum Gasteiger partial charge on any atom is 0.422 e. The molecule has 0 spiro atoms. The summed E-state index contributed by atoms with van der Waals surface area (Å²) in [6, 6.07) is 5.67. The highest BCUT2D eigenvalue weighted by Gasteiger charge is 2.44. The van der Waals surface area contributed by atoms with Gasteiger partial charge in [-0.25, -0.2) is 4.98 Å². The standard InChI is InChI=1S/C20H20F3N5O2/c1-11(16-8-25-18(9-24-16)30-10-20(21,22)23)27-19(29)15-6-14(15)12-3-4-13-7-26-28(2)17(13)5-12/h3-5,7-9,11,14-15H,6,10H2,1-2H3,(H,27,29)/t11-,14?,15?/m1/s1. The van der Waals surface area contributed by atoms with Gasteiger partial charge in [0.1, 0.15) is 0 Å². The van der Waals surface area contributed by atoms with Crippen LogP contribution in [0.15, 0.2) is 36.8 Å². The van der Waals surface area contributed by atoms with Gasteiger partial charge in [-0.3, -0.25) is 14.5 Å². The number of aryl methyl sites for hydroxylation is 1. The molecular formula is C20H20F3N5O2. The van der Waals surface area contributed by atoms with Gasteiger partial charge in [-0.15, -0.1) is 0 Å². The summed E-state index contributed by atoms with van der Waals surface area (Å²) in [4.78, 5) is 20.5. The first kappa shape index (κ1) is 20.1. The molecule has 0 bridgehead atoms. The van der Waals surface area contributed by atoms with E-state index in [0.717, 1.165) is 29.1 Å². The lowest BCUT2D eigenvalue weighted by Crippen LogP contribution is -2.29. The van der Waals surface area contributed by atoms with E-state index >= 15 is 0 Å². The molecule has 158 valence electrons.